The van der Waals surface area contributed by atoms with Crippen molar-refractivity contribution in [1.82, 2.24) is 4.98 Å². The third-order valence-corrected chi connectivity index (χ3v) is 4.16. The molecule has 1 aromatic heterocycles. The van der Waals surface area contributed by atoms with Crippen LogP contribution in [-0.4, -0.2) is 11.0 Å². The van der Waals surface area contributed by atoms with Crippen LogP contribution in [0.25, 0.3) is 0 Å². The third-order valence-electron chi connectivity index (χ3n) is 4.16. The summed E-state index contributed by atoms with van der Waals surface area (Å²) in [5.74, 6) is 0.507. The zero-order valence-electron chi connectivity index (χ0n) is 11.6. The van der Waals surface area contributed by atoms with Crippen molar-refractivity contribution >= 4 is 0 Å². The van der Waals surface area contributed by atoms with Gasteiger partial charge < -0.3 is 5.73 Å². The van der Waals surface area contributed by atoms with Gasteiger partial charge in [-0.15, -0.1) is 0 Å². The molecule has 0 saturated heterocycles. The van der Waals surface area contributed by atoms with Crippen LogP contribution in [-0.2, 0) is 6.42 Å². The molecule has 2 N–H and O–H groups in total. The van der Waals surface area contributed by atoms with Crippen molar-refractivity contribution in [2.24, 2.45) is 5.73 Å². The van der Waals surface area contributed by atoms with Crippen molar-refractivity contribution in [3.8, 4) is 0 Å². The lowest BCUT2D eigenvalue weighted by Crippen LogP contribution is -2.27. The van der Waals surface area contributed by atoms with Crippen LogP contribution >= 0.6 is 0 Å². The van der Waals surface area contributed by atoms with Gasteiger partial charge in [0.05, 0.1) is 0 Å². The molecule has 2 atom stereocenters. The molecule has 1 aliphatic carbocycles. The van der Waals surface area contributed by atoms with Crippen LogP contribution < -0.4 is 5.73 Å². The summed E-state index contributed by atoms with van der Waals surface area (Å²) in [6.45, 7) is 2.26. The first-order valence-corrected chi connectivity index (χ1v) is 7.52. The average Bonchev–Trinajstić information content (AvgIpc) is 2.82. The van der Waals surface area contributed by atoms with Crippen LogP contribution in [0.3, 0.4) is 0 Å². The van der Waals surface area contributed by atoms with E-state index >= 15 is 0 Å². The lowest BCUT2D eigenvalue weighted by Gasteiger charge is -2.19. The van der Waals surface area contributed by atoms with E-state index in [-0.39, 0.29) is 0 Å². The average molecular weight is 246 g/mol. The van der Waals surface area contributed by atoms with Gasteiger partial charge >= 0.3 is 0 Å². The Morgan fingerprint density at radius 2 is 2.17 bits per heavy atom. The quantitative estimate of drug-likeness (QED) is 0.743. The van der Waals surface area contributed by atoms with Crippen molar-refractivity contribution in [3.05, 3.63) is 29.6 Å². The molecule has 0 bridgehead atoms. The fraction of sp³-hybridized carbons (Fsp3) is 0.688. The van der Waals surface area contributed by atoms with Gasteiger partial charge in [-0.05, 0) is 30.9 Å². The molecule has 0 spiro atoms. The van der Waals surface area contributed by atoms with E-state index in [9.17, 15) is 0 Å². The third kappa shape index (κ3) is 3.32. The Balaban J connectivity index is 1.78. The number of hydrogen-bond acceptors (Lipinski definition) is 2. The molecule has 100 valence electrons. The largest absolute Gasteiger partial charge is 0.327 e. The smallest absolute Gasteiger partial charge is 0.0482 e. The monoisotopic (exact) mass is 246 g/mol. The van der Waals surface area contributed by atoms with Gasteiger partial charge in [0.1, 0.15) is 0 Å². The normalized spacial score (nSPS) is 19.8. The highest BCUT2D eigenvalue weighted by atomic mass is 14.7. The summed E-state index contributed by atoms with van der Waals surface area (Å²) in [4.78, 5) is 4.54. The maximum atomic E-state index is 6.37. The van der Waals surface area contributed by atoms with Gasteiger partial charge in [0.2, 0.25) is 0 Å². The fourth-order valence-corrected chi connectivity index (χ4v) is 3.05. The molecule has 0 aromatic carbocycles. The van der Waals surface area contributed by atoms with Gasteiger partial charge in [0.15, 0.2) is 0 Å². The summed E-state index contributed by atoms with van der Waals surface area (Å²) >= 11 is 0. The summed E-state index contributed by atoms with van der Waals surface area (Å²) in [6, 6.07) is 4.55. The number of hydrogen-bond donors (Lipinski definition) is 1. The number of nitrogens with two attached hydrogens (primary N) is 1. The minimum atomic E-state index is 0.308. The van der Waals surface area contributed by atoms with Crippen molar-refractivity contribution in [1.29, 1.82) is 0 Å². The van der Waals surface area contributed by atoms with E-state index in [0.29, 0.717) is 12.0 Å². The second kappa shape index (κ2) is 6.89. The van der Waals surface area contributed by atoms with Gasteiger partial charge in [-0.3, -0.25) is 4.98 Å². The van der Waals surface area contributed by atoms with E-state index in [1.54, 1.807) is 0 Å². The Morgan fingerprint density at radius 1 is 1.33 bits per heavy atom. The summed E-state index contributed by atoms with van der Waals surface area (Å²) in [6.07, 6.45) is 12.1. The maximum Gasteiger partial charge on any atom is 0.0482 e. The van der Waals surface area contributed by atoms with Gasteiger partial charge in [0, 0.05) is 23.9 Å². The van der Waals surface area contributed by atoms with Crippen LogP contribution in [0.4, 0.5) is 0 Å². The molecule has 1 aliphatic rings. The first-order valence-electron chi connectivity index (χ1n) is 7.52. The van der Waals surface area contributed by atoms with Crippen LogP contribution in [0, 0.1) is 0 Å². The standard InChI is InChI=1S/C16H26N2/c1-2-3-4-5-6-9-15(17)14-11-10-13-8-7-12-18-16(13)14/h7-8,12,14-15H,2-6,9-11,17H2,1H3. The van der Waals surface area contributed by atoms with Gasteiger partial charge in [0.25, 0.3) is 0 Å². The number of unbranched alkanes of at least 4 members (excludes halogenated alkanes) is 4. The Bertz CT molecular complexity index is 362. The molecular weight excluding hydrogens is 220 g/mol. The molecule has 2 rings (SSSR count). The molecule has 18 heavy (non-hydrogen) atoms. The second-order valence-electron chi connectivity index (χ2n) is 5.56. The highest BCUT2D eigenvalue weighted by Gasteiger charge is 2.28. The van der Waals surface area contributed by atoms with Crippen LogP contribution in [0.15, 0.2) is 18.3 Å². The van der Waals surface area contributed by atoms with E-state index < -0.39 is 0 Å². The molecule has 2 heteroatoms. The molecule has 1 aromatic rings. The lowest BCUT2D eigenvalue weighted by atomic mass is 9.93. The Hall–Kier alpha value is -0.890. The highest BCUT2D eigenvalue weighted by molar-refractivity contribution is 5.29. The van der Waals surface area contributed by atoms with Crippen molar-refractivity contribution < 1.29 is 0 Å². The Labute approximate surface area is 111 Å². The predicted octanol–water partition coefficient (Wildman–Crippen LogP) is 3.80. The molecule has 2 nitrogen and oxygen atoms in total. The maximum absolute atomic E-state index is 6.37. The molecule has 0 saturated carbocycles. The minimum Gasteiger partial charge on any atom is -0.327 e. The number of rotatable bonds is 7. The van der Waals surface area contributed by atoms with Gasteiger partial charge in [-0.2, -0.15) is 0 Å². The van der Waals surface area contributed by atoms with Crippen molar-refractivity contribution in [3.63, 3.8) is 0 Å². The van der Waals surface area contributed by atoms with Crippen molar-refractivity contribution in [2.45, 2.75) is 70.3 Å². The molecule has 2 unspecified atom stereocenters. The first kappa shape index (κ1) is 13.5. The first-order chi connectivity index (χ1) is 8.83. The second-order valence-corrected chi connectivity index (χ2v) is 5.56. The van der Waals surface area contributed by atoms with Crippen LogP contribution in [0.2, 0.25) is 0 Å². The number of fused-ring (bicyclic) bond motifs is 1. The Morgan fingerprint density at radius 3 is 3.00 bits per heavy atom. The molecule has 0 amide bonds. The van der Waals surface area contributed by atoms with Crippen molar-refractivity contribution in [2.75, 3.05) is 0 Å². The number of aromatic nitrogens is 1. The summed E-state index contributed by atoms with van der Waals surface area (Å²) in [5.41, 5.74) is 9.07. The summed E-state index contributed by atoms with van der Waals surface area (Å²) in [5, 5.41) is 0. The minimum absolute atomic E-state index is 0.308. The SMILES string of the molecule is CCCCCCCC(N)C1CCc2cccnc21. The fourth-order valence-electron chi connectivity index (χ4n) is 3.05. The lowest BCUT2D eigenvalue weighted by molar-refractivity contribution is 0.462. The van der Waals surface area contributed by atoms with Gasteiger partial charge in [-0.25, -0.2) is 0 Å². The molecular formula is C16H26N2. The zero-order chi connectivity index (χ0) is 12.8. The molecule has 0 fully saturated rings. The summed E-state index contributed by atoms with van der Waals surface area (Å²) in [7, 11) is 0. The van der Waals surface area contributed by atoms with Crippen LogP contribution in [0.1, 0.15) is 69.0 Å². The molecule has 1 heterocycles. The van der Waals surface area contributed by atoms with Crippen LogP contribution in [0.5, 0.6) is 0 Å². The highest BCUT2D eigenvalue weighted by Crippen LogP contribution is 2.34. The molecule has 0 aliphatic heterocycles. The molecule has 0 radical (unpaired) electrons. The zero-order valence-corrected chi connectivity index (χ0v) is 11.6. The number of pyridine rings is 1. The van der Waals surface area contributed by atoms with E-state index in [4.69, 9.17) is 5.73 Å². The van der Waals surface area contributed by atoms with E-state index in [1.165, 1.54) is 49.8 Å². The number of nitrogens with zero attached hydrogens (tertiary/aromatic N) is 1. The van der Waals surface area contributed by atoms with E-state index in [1.807, 2.05) is 12.3 Å². The predicted molar refractivity (Wildman–Crippen MR) is 76.7 cm³/mol. The van der Waals surface area contributed by atoms with Gasteiger partial charge in [-0.1, -0.05) is 45.1 Å². The van der Waals surface area contributed by atoms with E-state index in [2.05, 4.69) is 18.0 Å². The topological polar surface area (TPSA) is 38.9 Å². The Kier molecular flexibility index (Phi) is 5.18. The van der Waals surface area contributed by atoms with E-state index in [0.717, 1.165) is 12.8 Å². The number of aryl methyl sites for hydroxylation is 1. The summed E-state index contributed by atoms with van der Waals surface area (Å²) < 4.78 is 0.